The highest BCUT2D eigenvalue weighted by atomic mass is 32.1. The van der Waals surface area contributed by atoms with Gasteiger partial charge < -0.3 is 9.84 Å². The van der Waals surface area contributed by atoms with Crippen LogP contribution in [0.5, 0.6) is 0 Å². The SMILES string of the molecule is O=C(O)c1sc(CC2CCCO2)nc1-c1ccccc1. The van der Waals surface area contributed by atoms with Crippen molar-refractivity contribution in [3.63, 3.8) is 0 Å². The summed E-state index contributed by atoms with van der Waals surface area (Å²) in [5.74, 6) is -0.917. The Morgan fingerprint density at radius 3 is 2.85 bits per heavy atom. The summed E-state index contributed by atoms with van der Waals surface area (Å²) in [6.07, 6.45) is 3.00. The summed E-state index contributed by atoms with van der Waals surface area (Å²) in [5, 5.41) is 10.2. The van der Waals surface area contributed by atoms with Gasteiger partial charge in [-0.2, -0.15) is 0 Å². The Morgan fingerprint density at radius 2 is 2.20 bits per heavy atom. The van der Waals surface area contributed by atoms with E-state index in [0.717, 1.165) is 30.0 Å². The maximum atomic E-state index is 11.4. The number of rotatable bonds is 4. The molecule has 2 heterocycles. The van der Waals surface area contributed by atoms with Crippen LogP contribution in [0.4, 0.5) is 0 Å². The molecule has 1 atom stereocenters. The number of aromatic nitrogens is 1. The van der Waals surface area contributed by atoms with Gasteiger partial charge >= 0.3 is 5.97 Å². The van der Waals surface area contributed by atoms with E-state index < -0.39 is 5.97 Å². The molecule has 0 radical (unpaired) electrons. The maximum Gasteiger partial charge on any atom is 0.348 e. The van der Waals surface area contributed by atoms with E-state index in [2.05, 4.69) is 4.98 Å². The zero-order valence-electron chi connectivity index (χ0n) is 10.9. The van der Waals surface area contributed by atoms with Gasteiger partial charge in [-0.05, 0) is 12.8 Å². The molecule has 1 saturated heterocycles. The lowest BCUT2D eigenvalue weighted by atomic mass is 10.1. The van der Waals surface area contributed by atoms with Crippen LogP contribution in [0.3, 0.4) is 0 Å². The van der Waals surface area contributed by atoms with Gasteiger partial charge in [0.2, 0.25) is 0 Å². The van der Waals surface area contributed by atoms with Crippen molar-refractivity contribution in [3.8, 4) is 11.3 Å². The molecular weight excluding hydrogens is 274 g/mol. The highest BCUT2D eigenvalue weighted by Gasteiger charge is 2.22. The molecule has 5 heteroatoms. The Hall–Kier alpha value is -1.72. The number of ether oxygens (including phenoxy) is 1. The van der Waals surface area contributed by atoms with Crippen LogP contribution in [0.2, 0.25) is 0 Å². The predicted octanol–water partition coefficient (Wildman–Crippen LogP) is 3.23. The molecule has 1 aliphatic rings. The number of carboxylic acids is 1. The van der Waals surface area contributed by atoms with Gasteiger partial charge in [-0.15, -0.1) is 11.3 Å². The van der Waals surface area contributed by atoms with E-state index in [1.54, 1.807) is 0 Å². The van der Waals surface area contributed by atoms with Crippen molar-refractivity contribution >= 4 is 17.3 Å². The summed E-state index contributed by atoms with van der Waals surface area (Å²) in [6.45, 7) is 0.799. The average molecular weight is 289 g/mol. The van der Waals surface area contributed by atoms with Crippen molar-refractivity contribution in [2.75, 3.05) is 6.61 Å². The molecule has 3 rings (SSSR count). The Balaban J connectivity index is 1.92. The van der Waals surface area contributed by atoms with Crippen LogP contribution in [0.1, 0.15) is 27.5 Å². The summed E-state index contributed by atoms with van der Waals surface area (Å²) >= 11 is 1.26. The molecule has 0 spiro atoms. The van der Waals surface area contributed by atoms with E-state index in [9.17, 15) is 9.90 Å². The van der Waals surface area contributed by atoms with Crippen LogP contribution in [0.15, 0.2) is 30.3 Å². The highest BCUT2D eigenvalue weighted by molar-refractivity contribution is 7.14. The van der Waals surface area contributed by atoms with Crippen LogP contribution in [-0.2, 0) is 11.2 Å². The topological polar surface area (TPSA) is 59.4 Å². The molecule has 104 valence electrons. The fraction of sp³-hybridized carbons (Fsp3) is 0.333. The number of benzene rings is 1. The number of hydrogen-bond acceptors (Lipinski definition) is 4. The molecule has 0 amide bonds. The van der Waals surface area contributed by atoms with Gasteiger partial charge in [0.25, 0.3) is 0 Å². The fourth-order valence-corrected chi connectivity index (χ4v) is 3.38. The van der Waals surface area contributed by atoms with Gasteiger partial charge in [-0.3, -0.25) is 0 Å². The average Bonchev–Trinajstić information content (AvgIpc) is 3.10. The number of carboxylic acid groups (broad SMARTS) is 1. The highest BCUT2D eigenvalue weighted by Crippen LogP contribution is 2.30. The number of hydrogen-bond donors (Lipinski definition) is 1. The number of aromatic carboxylic acids is 1. The minimum absolute atomic E-state index is 0.186. The van der Waals surface area contributed by atoms with Crippen LogP contribution in [0.25, 0.3) is 11.3 Å². The summed E-state index contributed by atoms with van der Waals surface area (Å²) in [7, 11) is 0. The Bertz CT molecular complexity index is 603. The molecule has 1 aliphatic heterocycles. The lowest BCUT2D eigenvalue weighted by molar-refractivity contribution is 0.0702. The van der Waals surface area contributed by atoms with Crippen LogP contribution in [-0.4, -0.2) is 28.8 Å². The molecule has 0 saturated carbocycles. The largest absolute Gasteiger partial charge is 0.477 e. The van der Waals surface area contributed by atoms with Crippen molar-refractivity contribution in [1.29, 1.82) is 0 Å². The van der Waals surface area contributed by atoms with Crippen molar-refractivity contribution < 1.29 is 14.6 Å². The second-order valence-corrected chi connectivity index (χ2v) is 5.88. The smallest absolute Gasteiger partial charge is 0.348 e. The first-order valence-electron chi connectivity index (χ1n) is 6.64. The first-order chi connectivity index (χ1) is 9.74. The van der Waals surface area contributed by atoms with Crippen molar-refractivity contribution in [3.05, 3.63) is 40.2 Å². The molecule has 1 N–H and O–H groups in total. The molecule has 4 nitrogen and oxygen atoms in total. The van der Waals surface area contributed by atoms with Crippen LogP contribution >= 0.6 is 11.3 Å². The van der Waals surface area contributed by atoms with Crippen molar-refractivity contribution in [1.82, 2.24) is 4.98 Å². The monoisotopic (exact) mass is 289 g/mol. The molecule has 20 heavy (non-hydrogen) atoms. The van der Waals surface area contributed by atoms with E-state index in [4.69, 9.17) is 4.74 Å². The van der Waals surface area contributed by atoms with E-state index >= 15 is 0 Å². The summed E-state index contributed by atoms with van der Waals surface area (Å²) in [5.41, 5.74) is 1.41. The number of carbonyl (C=O) groups is 1. The van der Waals surface area contributed by atoms with Gasteiger partial charge in [0, 0.05) is 18.6 Å². The van der Waals surface area contributed by atoms with Gasteiger partial charge in [0.1, 0.15) is 4.88 Å². The van der Waals surface area contributed by atoms with E-state index in [0.29, 0.717) is 17.0 Å². The fourth-order valence-electron chi connectivity index (χ4n) is 2.39. The molecular formula is C15H15NO3S. The number of thiazole rings is 1. The zero-order valence-corrected chi connectivity index (χ0v) is 11.7. The maximum absolute atomic E-state index is 11.4. The predicted molar refractivity (Wildman–Crippen MR) is 77.2 cm³/mol. The standard InChI is InChI=1S/C15H15NO3S/c17-15(18)14-13(10-5-2-1-3-6-10)16-12(20-14)9-11-7-4-8-19-11/h1-3,5-6,11H,4,7-9H2,(H,17,18). The van der Waals surface area contributed by atoms with Gasteiger partial charge in [0.15, 0.2) is 0 Å². The number of nitrogens with zero attached hydrogens (tertiary/aromatic N) is 1. The van der Waals surface area contributed by atoms with Crippen molar-refractivity contribution in [2.24, 2.45) is 0 Å². The Labute approximate surface area is 121 Å². The lowest BCUT2D eigenvalue weighted by Crippen LogP contribution is -2.08. The van der Waals surface area contributed by atoms with E-state index in [-0.39, 0.29) is 6.10 Å². The minimum Gasteiger partial charge on any atom is -0.477 e. The minimum atomic E-state index is -0.917. The third-order valence-electron chi connectivity index (χ3n) is 3.34. The summed E-state index contributed by atoms with van der Waals surface area (Å²) < 4.78 is 5.59. The van der Waals surface area contributed by atoms with Gasteiger partial charge in [0.05, 0.1) is 16.8 Å². The Kier molecular flexibility index (Phi) is 3.80. The molecule has 0 aliphatic carbocycles. The summed E-state index contributed by atoms with van der Waals surface area (Å²) in [6, 6.07) is 9.46. The normalized spacial score (nSPS) is 18.3. The van der Waals surface area contributed by atoms with Gasteiger partial charge in [-0.25, -0.2) is 9.78 Å². The van der Waals surface area contributed by atoms with Crippen molar-refractivity contribution in [2.45, 2.75) is 25.4 Å². The van der Waals surface area contributed by atoms with Crippen LogP contribution < -0.4 is 0 Å². The second-order valence-electron chi connectivity index (χ2n) is 4.80. The second kappa shape index (κ2) is 5.73. The lowest BCUT2D eigenvalue weighted by Gasteiger charge is -2.05. The van der Waals surface area contributed by atoms with Crippen LogP contribution in [0, 0.1) is 0 Å². The quantitative estimate of drug-likeness (QED) is 0.938. The molecule has 2 aromatic rings. The van der Waals surface area contributed by atoms with E-state index in [1.807, 2.05) is 30.3 Å². The first kappa shape index (κ1) is 13.3. The summed E-state index contributed by atoms with van der Waals surface area (Å²) in [4.78, 5) is 16.2. The molecule has 1 aromatic heterocycles. The first-order valence-corrected chi connectivity index (χ1v) is 7.45. The zero-order chi connectivity index (χ0) is 13.9. The third-order valence-corrected chi connectivity index (χ3v) is 4.40. The Morgan fingerprint density at radius 1 is 1.40 bits per heavy atom. The molecule has 0 bridgehead atoms. The third kappa shape index (κ3) is 2.73. The van der Waals surface area contributed by atoms with E-state index in [1.165, 1.54) is 11.3 Å². The van der Waals surface area contributed by atoms with Gasteiger partial charge in [-0.1, -0.05) is 30.3 Å². The molecule has 1 aromatic carbocycles. The molecule has 1 unspecified atom stereocenters. The molecule has 1 fully saturated rings.